The zero-order valence-corrected chi connectivity index (χ0v) is 17.9. The Balaban J connectivity index is 1.62. The predicted octanol–water partition coefficient (Wildman–Crippen LogP) is 4.66. The summed E-state index contributed by atoms with van der Waals surface area (Å²) >= 11 is 0. The van der Waals surface area contributed by atoms with Crippen molar-refractivity contribution in [1.29, 1.82) is 0 Å². The number of ether oxygens (including phenoxy) is 1. The Morgan fingerprint density at radius 2 is 2.03 bits per heavy atom. The molecule has 0 aromatic carbocycles. The first-order valence-corrected chi connectivity index (χ1v) is 10.9. The number of Topliss-reactive ketones (excluding diaryl/α,β-unsaturated/α-hetero) is 1. The van der Waals surface area contributed by atoms with Crippen molar-refractivity contribution in [1.82, 2.24) is 15.1 Å². The van der Waals surface area contributed by atoms with Crippen LogP contribution in [-0.4, -0.2) is 34.0 Å². The standard InChI is InChI=1S/C23H31N3O4/c1-16(27)13-18(10-6-9-17-7-4-3-5-8-17)23-25-22(26-30-23)19-11-12-20(24-15-19)14-21(28)29-2/h11-12,15,17-18H,3-10,13-14H2,1-2H3. The van der Waals surface area contributed by atoms with Crippen LogP contribution in [0, 0.1) is 5.92 Å². The van der Waals surface area contributed by atoms with E-state index in [4.69, 9.17) is 4.52 Å². The lowest BCUT2D eigenvalue weighted by molar-refractivity contribution is -0.139. The van der Waals surface area contributed by atoms with Crippen LogP contribution < -0.4 is 0 Å². The number of carbonyl (C=O) groups is 2. The number of rotatable bonds is 10. The molecule has 0 spiro atoms. The number of nitrogens with zero attached hydrogens (tertiary/aromatic N) is 3. The first kappa shape index (κ1) is 22.1. The molecule has 1 aliphatic rings. The third-order valence-corrected chi connectivity index (χ3v) is 5.85. The molecular weight excluding hydrogens is 382 g/mol. The fraction of sp³-hybridized carbons (Fsp3) is 0.609. The van der Waals surface area contributed by atoms with Gasteiger partial charge in [0.15, 0.2) is 0 Å². The van der Waals surface area contributed by atoms with Gasteiger partial charge in [-0.2, -0.15) is 4.98 Å². The summed E-state index contributed by atoms with van der Waals surface area (Å²) in [6.07, 6.45) is 12.1. The highest BCUT2D eigenvalue weighted by atomic mass is 16.5. The second kappa shape index (κ2) is 11.0. The number of aromatic nitrogens is 3. The van der Waals surface area contributed by atoms with Gasteiger partial charge in [0.05, 0.1) is 19.2 Å². The fourth-order valence-corrected chi connectivity index (χ4v) is 4.19. The molecule has 1 unspecified atom stereocenters. The number of carbonyl (C=O) groups excluding carboxylic acids is 2. The number of hydrogen-bond acceptors (Lipinski definition) is 7. The molecule has 1 aliphatic carbocycles. The van der Waals surface area contributed by atoms with Crippen molar-refractivity contribution < 1.29 is 18.8 Å². The molecule has 162 valence electrons. The van der Waals surface area contributed by atoms with Crippen molar-refractivity contribution in [3.05, 3.63) is 29.9 Å². The number of methoxy groups -OCH3 is 1. The first-order valence-electron chi connectivity index (χ1n) is 10.9. The number of esters is 1. The molecule has 0 radical (unpaired) electrons. The number of pyridine rings is 1. The smallest absolute Gasteiger partial charge is 0.311 e. The third kappa shape index (κ3) is 6.47. The van der Waals surface area contributed by atoms with E-state index >= 15 is 0 Å². The van der Waals surface area contributed by atoms with Gasteiger partial charge in [-0.25, -0.2) is 0 Å². The van der Waals surface area contributed by atoms with Gasteiger partial charge in [-0.1, -0.05) is 50.1 Å². The lowest BCUT2D eigenvalue weighted by Gasteiger charge is -2.22. The van der Waals surface area contributed by atoms with Gasteiger partial charge in [-0.15, -0.1) is 0 Å². The van der Waals surface area contributed by atoms with Crippen LogP contribution in [0.15, 0.2) is 22.9 Å². The van der Waals surface area contributed by atoms with Crippen molar-refractivity contribution in [3.63, 3.8) is 0 Å². The molecule has 0 bridgehead atoms. The van der Waals surface area contributed by atoms with Crippen LogP contribution in [0.25, 0.3) is 11.4 Å². The van der Waals surface area contributed by atoms with Gasteiger partial charge in [0.25, 0.3) is 0 Å². The van der Waals surface area contributed by atoms with Crippen LogP contribution in [0.2, 0.25) is 0 Å². The van der Waals surface area contributed by atoms with E-state index in [0.29, 0.717) is 29.4 Å². The zero-order valence-electron chi connectivity index (χ0n) is 17.9. The van der Waals surface area contributed by atoms with Gasteiger partial charge in [0.2, 0.25) is 11.7 Å². The van der Waals surface area contributed by atoms with Gasteiger partial charge in [0.1, 0.15) is 5.78 Å². The Morgan fingerprint density at radius 3 is 2.70 bits per heavy atom. The maximum atomic E-state index is 11.8. The van der Waals surface area contributed by atoms with Crippen LogP contribution in [-0.2, 0) is 20.7 Å². The lowest BCUT2D eigenvalue weighted by atomic mass is 9.84. The van der Waals surface area contributed by atoms with Gasteiger partial charge in [-0.3, -0.25) is 9.78 Å². The first-order chi connectivity index (χ1) is 14.5. The van der Waals surface area contributed by atoms with E-state index in [1.807, 2.05) is 6.07 Å². The van der Waals surface area contributed by atoms with Crippen LogP contribution in [0.3, 0.4) is 0 Å². The van der Waals surface area contributed by atoms with Gasteiger partial charge in [0, 0.05) is 24.1 Å². The van der Waals surface area contributed by atoms with Crippen LogP contribution in [0.4, 0.5) is 0 Å². The monoisotopic (exact) mass is 413 g/mol. The topological polar surface area (TPSA) is 95.2 Å². The second-order valence-electron chi connectivity index (χ2n) is 8.29. The summed E-state index contributed by atoms with van der Waals surface area (Å²) < 4.78 is 10.2. The van der Waals surface area contributed by atoms with E-state index in [0.717, 1.165) is 18.8 Å². The molecule has 2 aromatic heterocycles. The summed E-state index contributed by atoms with van der Waals surface area (Å²) in [5.74, 6) is 1.54. The van der Waals surface area contributed by atoms with Crippen molar-refractivity contribution >= 4 is 11.8 Å². The Kier molecular flexibility index (Phi) is 8.11. The van der Waals surface area contributed by atoms with E-state index in [9.17, 15) is 9.59 Å². The van der Waals surface area contributed by atoms with Crippen molar-refractivity contribution in [2.75, 3.05) is 7.11 Å². The van der Waals surface area contributed by atoms with E-state index in [1.165, 1.54) is 45.6 Å². The predicted molar refractivity (Wildman–Crippen MR) is 112 cm³/mol. The Morgan fingerprint density at radius 1 is 1.23 bits per heavy atom. The minimum atomic E-state index is -0.336. The summed E-state index contributed by atoms with van der Waals surface area (Å²) in [5, 5.41) is 4.09. The molecular formula is C23H31N3O4. The molecule has 0 saturated heterocycles. The second-order valence-corrected chi connectivity index (χ2v) is 8.29. The van der Waals surface area contributed by atoms with Crippen LogP contribution >= 0.6 is 0 Å². The van der Waals surface area contributed by atoms with Crippen molar-refractivity contribution in [3.8, 4) is 11.4 Å². The average Bonchev–Trinajstić information content (AvgIpc) is 3.24. The maximum absolute atomic E-state index is 11.8. The molecule has 2 heterocycles. The molecule has 7 nitrogen and oxygen atoms in total. The highest BCUT2D eigenvalue weighted by Gasteiger charge is 2.22. The normalized spacial score (nSPS) is 15.7. The molecule has 0 amide bonds. The molecule has 1 saturated carbocycles. The van der Waals surface area contributed by atoms with Crippen LogP contribution in [0.5, 0.6) is 0 Å². The van der Waals surface area contributed by atoms with Gasteiger partial charge >= 0.3 is 5.97 Å². The summed E-state index contributed by atoms with van der Waals surface area (Å²) in [7, 11) is 1.35. The average molecular weight is 414 g/mol. The van der Waals surface area contributed by atoms with E-state index in [2.05, 4.69) is 19.9 Å². The quantitative estimate of drug-likeness (QED) is 0.523. The molecule has 1 atom stereocenters. The zero-order chi connectivity index (χ0) is 21.3. The molecule has 0 aliphatic heterocycles. The van der Waals surface area contributed by atoms with Gasteiger partial charge in [-0.05, 0) is 31.4 Å². The summed E-state index contributed by atoms with van der Waals surface area (Å²) in [6, 6.07) is 3.56. The summed E-state index contributed by atoms with van der Waals surface area (Å²) in [6.45, 7) is 1.61. The molecule has 2 aromatic rings. The summed E-state index contributed by atoms with van der Waals surface area (Å²) in [4.78, 5) is 32.0. The molecule has 7 heteroatoms. The Bertz CT molecular complexity index is 825. The maximum Gasteiger partial charge on any atom is 0.311 e. The number of ketones is 1. The van der Waals surface area contributed by atoms with Crippen molar-refractivity contribution in [2.24, 2.45) is 5.92 Å². The highest BCUT2D eigenvalue weighted by Crippen LogP contribution is 2.31. The minimum absolute atomic E-state index is 0.0427. The largest absolute Gasteiger partial charge is 0.469 e. The lowest BCUT2D eigenvalue weighted by Crippen LogP contribution is -2.09. The summed E-state index contributed by atoms with van der Waals surface area (Å²) in [5.41, 5.74) is 1.33. The van der Waals surface area contributed by atoms with E-state index < -0.39 is 0 Å². The SMILES string of the molecule is COC(=O)Cc1ccc(-c2noc(C(CCCC3CCCCC3)CC(C)=O)n2)cn1. The van der Waals surface area contributed by atoms with E-state index in [1.54, 1.807) is 19.2 Å². The van der Waals surface area contributed by atoms with Crippen molar-refractivity contribution in [2.45, 2.75) is 77.0 Å². The van der Waals surface area contributed by atoms with E-state index in [-0.39, 0.29) is 24.1 Å². The highest BCUT2D eigenvalue weighted by molar-refractivity contribution is 5.76. The Labute approximate surface area is 177 Å². The fourth-order valence-electron chi connectivity index (χ4n) is 4.19. The molecule has 0 N–H and O–H groups in total. The number of hydrogen-bond donors (Lipinski definition) is 0. The molecule has 3 rings (SSSR count). The molecule has 1 fully saturated rings. The third-order valence-electron chi connectivity index (χ3n) is 5.85. The van der Waals surface area contributed by atoms with Crippen LogP contribution in [0.1, 0.15) is 82.2 Å². The molecule has 30 heavy (non-hydrogen) atoms. The Hall–Kier alpha value is -2.57. The van der Waals surface area contributed by atoms with Gasteiger partial charge < -0.3 is 14.1 Å². The minimum Gasteiger partial charge on any atom is -0.469 e.